The molecule has 1 N–H and O–H groups in total. The van der Waals surface area contributed by atoms with Gasteiger partial charge in [0.25, 0.3) is 11.8 Å². The van der Waals surface area contributed by atoms with Crippen molar-refractivity contribution in [3.05, 3.63) is 88.9 Å². The molecule has 0 aliphatic heterocycles. The van der Waals surface area contributed by atoms with E-state index in [1.165, 1.54) is 0 Å². The van der Waals surface area contributed by atoms with Gasteiger partial charge in [-0.05, 0) is 54.6 Å². The van der Waals surface area contributed by atoms with Crippen LogP contribution in [0.4, 0.5) is 5.69 Å². The number of carbonyl (C=O) groups excluding carboxylic acids is 2. The van der Waals surface area contributed by atoms with Crippen molar-refractivity contribution in [3.8, 4) is 11.5 Å². The first kappa shape index (κ1) is 22.2. The van der Waals surface area contributed by atoms with Crippen molar-refractivity contribution in [3.63, 3.8) is 0 Å². The van der Waals surface area contributed by atoms with E-state index in [9.17, 15) is 9.59 Å². The molecule has 3 aromatic carbocycles. The number of halogens is 1. The largest absolute Gasteiger partial charge is 0.497 e. The highest BCUT2D eigenvalue weighted by molar-refractivity contribution is 6.30. The van der Waals surface area contributed by atoms with Crippen LogP contribution in [0.3, 0.4) is 0 Å². The molecule has 0 saturated carbocycles. The number of hydrogen-bond acceptors (Lipinski definition) is 4. The average Bonchev–Trinajstić information content (AvgIpc) is 2.79. The van der Waals surface area contributed by atoms with Gasteiger partial charge in [0.1, 0.15) is 18.1 Å². The van der Waals surface area contributed by atoms with Crippen LogP contribution in [0.15, 0.2) is 72.8 Å². The number of para-hydroxylation sites is 1. The first-order valence-electron chi connectivity index (χ1n) is 9.66. The van der Waals surface area contributed by atoms with Crippen molar-refractivity contribution < 1.29 is 19.1 Å². The van der Waals surface area contributed by atoms with E-state index in [2.05, 4.69) is 5.32 Å². The van der Waals surface area contributed by atoms with E-state index in [1.807, 2.05) is 0 Å². The normalized spacial score (nSPS) is 10.3. The zero-order chi connectivity index (χ0) is 22.2. The molecule has 0 atom stereocenters. The smallest absolute Gasteiger partial charge is 0.255 e. The summed E-state index contributed by atoms with van der Waals surface area (Å²) in [5, 5.41) is 3.40. The Balaban J connectivity index is 1.63. The number of hydrogen-bond donors (Lipinski definition) is 1. The molecule has 0 fully saturated rings. The molecule has 0 aliphatic carbocycles. The number of rotatable bonds is 8. The second-order valence-corrected chi connectivity index (χ2v) is 7.20. The van der Waals surface area contributed by atoms with Crippen LogP contribution in [0.2, 0.25) is 5.02 Å². The van der Waals surface area contributed by atoms with Crippen LogP contribution >= 0.6 is 11.6 Å². The Labute approximate surface area is 186 Å². The molecule has 0 unspecified atom stereocenters. The van der Waals surface area contributed by atoms with Gasteiger partial charge in [0.2, 0.25) is 0 Å². The number of nitrogens with one attached hydrogen (secondary N) is 1. The third-order valence-corrected chi connectivity index (χ3v) is 4.83. The van der Waals surface area contributed by atoms with E-state index < -0.39 is 0 Å². The van der Waals surface area contributed by atoms with Crippen molar-refractivity contribution in [2.24, 2.45) is 0 Å². The van der Waals surface area contributed by atoms with Crippen LogP contribution in [-0.2, 0) is 0 Å². The van der Waals surface area contributed by atoms with Crippen molar-refractivity contribution >= 4 is 29.1 Å². The summed E-state index contributed by atoms with van der Waals surface area (Å²) in [6, 6.07) is 20.7. The van der Waals surface area contributed by atoms with Crippen molar-refractivity contribution in [1.29, 1.82) is 0 Å². The monoisotopic (exact) mass is 438 g/mol. The van der Waals surface area contributed by atoms with Gasteiger partial charge < -0.3 is 19.7 Å². The molecule has 0 spiro atoms. The van der Waals surface area contributed by atoms with E-state index in [0.717, 1.165) is 0 Å². The molecule has 160 valence electrons. The van der Waals surface area contributed by atoms with Gasteiger partial charge in [-0.2, -0.15) is 0 Å². The highest BCUT2D eigenvalue weighted by Gasteiger charge is 2.17. The second kappa shape index (κ2) is 10.5. The lowest BCUT2D eigenvalue weighted by molar-refractivity contribution is 0.0775. The molecule has 0 aromatic heterocycles. The Morgan fingerprint density at radius 2 is 1.71 bits per heavy atom. The molecule has 2 amide bonds. The molecular weight excluding hydrogens is 416 g/mol. The number of carbonyl (C=O) groups is 2. The fourth-order valence-electron chi connectivity index (χ4n) is 2.88. The Bertz CT molecular complexity index is 1050. The second-order valence-electron chi connectivity index (χ2n) is 6.76. The highest BCUT2D eigenvalue weighted by atomic mass is 35.5. The van der Waals surface area contributed by atoms with Crippen LogP contribution in [0.25, 0.3) is 0 Å². The molecule has 0 aliphatic rings. The number of anilines is 1. The minimum absolute atomic E-state index is 0.222. The van der Waals surface area contributed by atoms with Crippen LogP contribution in [-0.4, -0.2) is 44.0 Å². The van der Waals surface area contributed by atoms with E-state index >= 15 is 0 Å². The summed E-state index contributed by atoms with van der Waals surface area (Å²) in [4.78, 5) is 27.1. The summed E-state index contributed by atoms with van der Waals surface area (Å²) >= 11 is 5.95. The van der Waals surface area contributed by atoms with Gasteiger partial charge in [0.05, 0.1) is 24.9 Å². The van der Waals surface area contributed by atoms with Gasteiger partial charge in [-0.1, -0.05) is 29.8 Å². The molecule has 3 aromatic rings. The van der Waals surface area contributed by atoms with Crippen molar-refractivity contribution in [2.75, 3.05) is 32.6 Å². The van der Waals surface area contributed by atoms with Crippen molar-refractivity contribution in [1.82, 2.24) is 4.90 Å². The quantitative estimate of drug-likeness (QED) is 0.551. The van der Waals surface area contributed by atoms with Gasteiger partial charge in [-0.3, -0.25) is 9.59 Å². The SMILES string of the molecule is COc1ccc(C(=O)Nc2ccccc2C(=O)N(C)CCOc2cccc(Cl)c2)cc1. The lowest BCUT2D eigenvalue weighted by Crippen LogP contribution is -2.31. The minimum Gasteiger partial charge on any atom is -0.497 e. The Hall–Kier alpha value is -3.51. The molecule has 31 heavy (non-hydrogen) atoms. The van der Waals surface area contributed by atoms with Crippen LogP contribution in [0.5, 0.6) is 11.5 Å². The summed E-state index contributed by atoms with van der Waals surface area (Å²) in [5.41, 5.74) is 1.30. The summed E-state index contributed by atoms with van der Waals surface area (Å²) in [5.74, 6) is 0.768. The molecule has 0 saturated heterocycles. The molecule has 0 radical (unpaired) electrons. The fraction of sp³-hybridized carbons (Fsp3) is 0.167. The molecule has 0 heterocycles. The van der Waals surface area contributed by atoms with Gasteiger partial charge in [-0.15, -0.1) is 0 Å². The first-order valence-corrected chi connectivity index (χ1v) is 10.0. The molecule has 3 rings (SSSR count). The molecule has 0 bridgehead atoms. The van der Waals surface area contributed by atoms with E-state index in [4.69, 9.17) is 21.1 Å². The lowest BCUT2D eigenvalue weighted by Gasteiger charge is -2.19. The van der Waals surface area contributed by atoms with Crippen molar-refractivity contribution in [2.45, 2.75) is 0 Å². The molecule has 7 heteroatoms. The number of methoxy groups -OCH3 is 1. The Morgan fingerprint density at radius 1 is 0.968 bits per heavy atom. The number of nitrogens with zero attached hydrogens (tertiary/aromatic N) is 1. The minimum atomic E-state index is -0.310. The third kappa shape index (κ3) is 5.99. The predicted octanol–water partition coefficient (Wildman–Crippen LogP) is 4.75. The van der Waals surface area contributed by atoms with Gasteiger partial charge >= 0.3 is 0 Å². The van der Waals surface area contributed by atoms with Crippen LogP contribution in [0, 0.1) is 0 Å². The highest BCUT2D eigenvalue weighted by Crippen LogP contribution is 2.20. The summed E-state index contributed by atoms with van der Waals surface area (Å²) in [6.07, 6.45) is 0. The van der Waals surface area contributed by atoms with Gasteiger partial charge in [0.15, 0.2) is 0 Å². The number of amides is 2. The van der Waals surface area contributed by atoms with E-state index in [-0.39, 0.29) is 11.8 Å². The number of ether oxygens (including phenoxy) is 2. The summed E-state index contributed by atoms with van der Waals surface area (Å²) in [7, 11) is 3.25. The van der Waals surface area contributed by atoms with Crippen LogP contribution < -0.4 is 14.8 Å². The predicted molar refractivity (Wildman–Crippen MR) is 121 cm³/mol. The zero-order valence-electron chi connectivity index (χ0n) is 17.3. The third-order valence-electron chi connectivity index (χ3n) is 4.60. The molecular formula is C24H23ClN2O4. The average molecular weight is 439 g/mol. The number of benzene rings is 3. The van der Waals surface area contributed by atoms with Crippen LogP contribution in [0.1, 0.15) is 20.7 Å². The summed E-state index contributed by atoms with van der Waals surface area (Å²) < 4.78 is 10.8. The Morgan fingerprint density at radius 3 is 2.42 bits per heavy atom. The maximum Gasteiger partial charge on any atom is 0.255 e. The molecule has 6 nitrogen and oxygen atoms in total. The zero-order valence-corrected chi connectivity index (χ0v) is 18.1. The lowest BCUT2D eigenvalue weighted by atomic mass is 10.1. The maximum atomic E-state index is 12.9. The van der Waals surface area contributed by atoms with E-state index in [0.29, 0.717) is 46.5 Å². The maximum absolute atomic E-state index is 12.9. The van der Waals surface area contributed by atoms with Gasteiger partial charge in [-0.25, -0.2) is 0 Å². The van der Waals surface area contributed by atoms with E-state index in [1.54, 1.807) is 91.9 Å². The first-order chi connectivity index (χ1) is 15.0. The summed E-state index contributed by atoms with van der Waals surface area (Å²) in [6.45, 7) is 0.676. The Kier molecular flexibility index (Phi) is 7.51. The van der Waals surface area contributed by atoms with Gasteiger partial charge in [0, 0.05) is 17.6 Å². The number of likely N-dealkylation sites (N-methyl/N-ethyl adjacent to an activating group) is 1. The topological polar surface area (TPSA) is 67.9 Å². The fourth-order valence-corrected chi connectivity index (χ4v) is 3.06. The standard InChI is InChI=1S/C24H23ClN2O4/c1-27(14-15-31-20-7-5-6-18(25)16-20)24(29)21-8-3-4-9-22(21)26-23(28)17-10-12-19(30-2)13-11-17/h3-13,16H,14-15H2,1-2H3,(H,26,28).